The second-order valence-electron chi connectivity index (χ2n) is 8.43. The number of thioether (sulfide) groups is 1. The number of nitrogens with zero attached hydrogens (tertiary/aromatic N) is 1. The van der Waals surface area contributed by atoms with Gasteiger partial charge in [0.1, 0.15) is 11.5 Å². The van der Waals surface area contributed by atoms with Gasteiger partial charge in [-0.05, 0) is 56.3 Å². The van der Waals surface area contributed by atoms with E-state index in [0.29, 0.717) is 16.4 Å². The van der Waals surface area contributed by atoms with Gasteiger partial charge in [-0.1, -0.05) is 42.5 Å². The molecule has 3 amide bonds. The van der Waals surface area contributed by atoms with Crippen LogP contribution in [0.15, 0.2) is 94.8 Å². The number of aromatic nitrogens is 1. The highest BCUT2D eigenvalue weighted by Gasteiger charge is 2.18. The highest BCUT2D eigenvalue weighted by molar-refractivity contribution is 8.00. The summed E-state index contributed by atoms with van der Waals surface area (Å²) in [6, 6.07) is 21.3. The Kier molecular flexibility index (Phi) is 9.24. The third-order valence-corrected chi connectivity index (χ3v) is 7.33. The van der Waals surface area contributed by atoms with Gasteiger partial charge in [0.05, 0.1) is 10.9 Å². The first kappa shape index (κ1) is 27.7. The van der Waals surface area contributed by atoms with Crippen LogP contribution in [0.3, 0.4) is 0 Å². The zero-order valence-corrected chi connectivity index (χ0v) is 22.7. The number of benzene rings is 3. The van der Waals surface area contributed by atoms with Gasteiger partial charge in [-0.3, -0.25) is 14.4 Å². The van der Waals surface area contributed by atoms with Gasteiger partial charge >= 0.3 is 0 Å². The van der Waals surface area contributed by atoms with Crippen molar-refractivity contribution in [3.05, 3.63) is 113 Å². The van der Waals surface area contributed by atoms with Crippen LogP contribution in [0.5, 0.6) is 0 Å². The largest absolute Gasteiger partial charge is 0.321 e. The summed E-state index contributed by atoms with van der Waals surface area (Å²) in [6.07, 6.45) is 1.29. The maximum atomic E-state index is 14.4. The van der Waals surface area contributed by atoms with Gasteiger partial charge in [0.25, 0.3) is 11.8 Å². The first-order valence-corrected chi connectivity index (χ1v) is 13.7. The number of anilines is 2. The number of aryl methyl sites for hydroxylation is 1. The SMILES string of the molecule is Cc1csc(NC(=O)C(C)Sc2cccc(NC(=O)/C(=C/c3ccccc3F)NC(=O)c3ccccc3)c2)n1. The van der Waals surface area contributed by atoms with Crippen molar-refractivity contribution in [3.8, 4) is 0 Å². The fourth-order valence-corrected chi connectivity index (χ4v) is 5.03. The van der Waals surface area contributed by atoms with Crippen LogP contribution in [0, 0.1) is 12.7 Å². The number of hydrogen-bond acceptors (Lipinski definition) is 6. The summed E-state index contributed by atoms with van der Waals surface area (Å²) in [4.78, 5) is 43.6. The standard InChI is InChI=1S/C29H25FN4O3S2/c1-18-17-38-29(31-18)34-26(35)19(2)39-23-13-8-12-22(16-23)32-28(37)25(15-21-11-6-7-14-24(21)30)33-27(36)20-9-4-3-5-10-20/h3-17,19H,1-2H3,(H,32,37)(H,33,36)(H,31,34,35)/b25-15-. The van der Waals surface area contributed by atoms with E-state index in [1.165, 1.54) is 47.4 Å². The molecule has 3 aromatic carbocycles. The van der Waals surface area contributed by atoms with Gasteiger partial charge in [-0.2, -0.15) is 0 Å². The third-order valence-electron chi connectivity index (χ3n) is 5.36. The van der Waals surface area contributed by atoms with Crippen molar-refractivity contribution in [3.63, 3.8) is 0 Å². The molecule has 0 radical (unpaired) electrons. The summed E-state index contributed by atoms with van der Waals surface area (Å²) >= 11 is 2.68. The highest BCUT2D eigenvalue weighted by atomic mass is 32.2. The molecule has 1 aromatic heterocycles. The van der Waals surface area contributed by atoms with Crippen LogP contribution in [0.4, 0.5) is 15.2 Å². The Labute approximate surface area is 233 Å². The van der Waals surface area contributed by atoms with E-state index < -0.39 is 22.9 Å². The Bertz CT molecular complexity index is 1520. The lowest BCUT2D eigenvalue weighted by molar-refractivity contribution is -0.115. The Morgan fingerprint density at radius 1 is 0.974 bits per heavy atom. The van der Waals surface area contributed by atoms with E-state index >= 15 is 0 Å². The van der Waals surface area contributed by atoms with Gasteiger partial charge in [0.15, 0.2) is 5.13 Å². The smallest absolute Gasteiger partial charge is 0.272 e. The van der Waals surface area contributed by atoms with Gasteiger partial charge in [-0.25, -0.2) is 9.37 Å². The first-order chi connectivity index (χ1) is 18.8. The molecule has 7 nitrogen and oxygen atoms in total. The van der Waals surface area contributed by atoms with Gasteiger partial charge < -0.3 is 16.0 Å². The van der Waals surface area contributed by atoms with Crippen molar-refractivity contribution in [1.29, 1.82) is 0 Å². The summed E-state index contributed by atoms with van der Waals surface area (Å²) in [5, 5.41) is 10.1. The molecule has 0 aliphatic carbocycles. The molecule has 39 heavy (non-hydrogen) atoms. The molecule has 0 fully saturated rings. The van der Waals surface area contributed by atoms with Crippen molar-refractivity contribution >= 4 is 57.7 Å². The Hall–Kier alpha value is -4.28. The number of rotatable bonds is 9. The Balaban J connectivity index is 1.49. The highest BCUT2D eigenvalue weighted by Crippen LogP contribution is 2.27. The Morgan fingerprint density at radius 3 is 2.44 bits per heavy atom. The predicted octanol–water partition coefficient (Wildman–Crippen LogP) is 6.12. The van der Waals surface area contributed by atoms with Crippen molar-refractivity contribution in [2.45, 2.75) is 24.0 Å². The van der Waals surface area contributed by atoms with Crippen LogP contribution < -0.4 is 16.0 Å². The number of thiazole rings is 1. The summed E-state index contributed by atoms with van der Waals surface area (Å²) in [5.41, 5.74) is 1.65. The molecule has 4 rings (SSSR count). The van der Waals surface area contributed by atoms with E-state index in [9.17, 15) is 18.8 Å². The summed E-state index contributed by atoms with van der Waals surface area (Å²) in [5.74, 6) is -1.86. The van der Waals surface area contributed by atoms with Crippen molar-refractivity contribution < 1.29 is 18.8 Å². The molecule has 1 unspecified atom stereocenters. The molecular weight excluding hydrogens is 535 g/mol. The fourth-order valence-electron chi connectivity index (χ4n) is 3.41. The molecule has 0 saturated heterocycles. The van der Waals surface area contributed by atoms with Crippen LogP contribution in [-0.2, 0) is 9.59 Å². The number of carbonyl (C=O) groups excluding carboxylic acids is 3. The van der Waals surface area contributed by atoms with Crippen molar-refractivity contribution in [2.24, 2.45) is 0 Å². The zero-order valence-electron chi connectivity index (χ0n) is 21.1. The predicted molar refractivity (Wildman–Crippen MR) is 154 cm³/mol. The average Bonchev–Trinajstić information content (AvgIpc) is 3.34. The number of nitrogens with one attached hydrogen (secondary N) is 3. The number of amides is 3. The second-order valence-corrected chi connectivity index (χ2v) is 10.7. The molecule has 3 N–H and O–H groups in total. The molecule has 0 bridgehead atoms. The fraction of sp³-hybridized carbons (Fsp3) is 0.103. The van der Waals surface area contributed by atoms with Gasteiger partial charge in [-0.15, -0.1) is 23.1 Å². The molecule has 0 aliphatic rings. The van der Waals surface area contributed by atoms with E-state index in [0.717, 1.165) is 10.6 Å². The second kappa shape index (κ2) is 13.0. The van der Waals surface area contributed by atoms with E-state index in [4.69, 9.17) is 0 Å². The molecule has 0 saturated carbocycles. The van der Waals surface area contributed by atoms with Gasteiger partial charge in [0.2, 0.25) is 5.91 Å². The maximum Gasteiger partial charge on any atom is 0.272 e. The van der Waals surface area contributed by atoms with Crippen molar-refractivity contribution in [1.82, 2.24) is 10.3 Å². The first-order valence-electron chi connectivity index (χ1n) is 11.9. The molecule has 0 spiro atoms. The minimum atomic E-state index is -0.630. The zero-order chi connectivity index (χ0) is 27.8. The normalized spacial score (nSPS) is 11.9. The van der Waals surface area contributed by atoms with Crippen LogP contribution in [0.25, 0.3) is 6.08 Å². The minimum Gasteiger partial charge on any atom is -0.321 e. The molecule has 198 valence electrons. The quantitative estimate of drug-likeness (QED) is 0.169. The van der Waals surface area contributed by atoms with Crippen LogP contribution in [-0.4, -0.2) is 28.0 Å². The number of halogens is 1. The summed E-state index contributed by atoms with van der Waals surface area (Å²) < 4.78 is 14.4. The topological polar surface area (TPSA) is 100 Å². The lowest BCUT2D eigenvalue weighted by Crippen LogP contribution is -2.30. The Morgan fingerprint density at radius 2 is 1.72 bits per heavy atom. The van der Waals surface area contributed by atoms with Crippen LogP contribution in [0.1, 0.15) is 28.5 Å². The van der Waals surface area contributed by atoms with E-state index in [-0.39, 0.29) is 17.2 Å². The summed E-state index contributed by atoms with van der Waals surface area (Å²) in [6.45, 7) is 3.63. The van der Waals surface area contributed by atoms with E-state index in [2.05, 4.69) is 20.9 Å². The average molecular weight is 561 g/mol. The van der Waals surface area contributed by atoms with E-state index in [1.54, 1.807) is 61.5 Å². The number of carbonyl (C=O) groups is 3. The summed E-state index contributed by atoms with van der Waals surface area (Å²) in [7, 11) is 0. The van der Waals surface area contributed by atoms with Gasteiger partial charge in [0, 0.05) is 27.1 Å². The lowest BCUT2D eigenvalue weighted by Gasteiger charge is -2.14. The monoisotopic (exact) mass is 560 g/mol. The molecule has 0 aliphatic heterocycles. The lowest BCUT2D eigenvalue weighted by atomic mass is 10.1. The number of hydrogen-bond donors (Lipinski definition) is 3. The third kappa shape index (κ3) is 7.86. The molecule has 4 aromatic rings. The maximum absolute atomic E-state index is 14.4. The van der Waals surface area contributed by atoms with Crippen molar-refractivity contribution in [2.75, 3.05) is 10.6 Å². The molecule has 1 atom stereocenters. The van der Waals surface area contributed by atoms with Crippen LogP contribution in [0.2, 0.25) is 0 Å². The molecular formula is C29H25FN4O3S2. The van der Waals surface area contributed by atoms with E-state index in [1.807, 2.05) is 18.4 Å². The minimum absolute atomic E-state index is 0.126. The molecule has 10 heteroatoms. The molecule has 1 heterocycles. The van der Waals surface area contributed by atoms with Crippen LogP contribution >= 0.6 is 23.1 Å².